The second-order valence-corrected chi connectivity index (χ2v) is 8.90. The summed E-state index contributed by atoms with van der Waals surface area (Å²) < 4.78 is 5.47. The van der Waals surface area contributed by atoms with Crippen LogP contribution in [0, 0.1) is 5.92 Å². The highest BCUT2D eigenvalue weighted by Gasteiger charge is 2.35. The van der Waals surface area contributed by atoms with E-state index in [2.05, 4.69) is 13.8 Å². The largest absolute Gasteiger partial charge is 0.481 e. The van der Waals surface area contributed by atoms with Crippen LogP contribution in [0.25, 0.3) is 0 Å². The minimum Gasteiger partial charge on any atom is -0.481 e. The molecule has 3 N–H and O–H groups in total. The Hall–Kier alpha value is -1.66. The molecule has 0 saturated carbocycles. The SMILES string of the molecule is CCCCCOC(=O)C1=C(CCCCCCC(=O)O)[C@@H](C=C[C@@H](O)CCCCC)[C@H](O)C1. The van der Waals surface area contributed by atoms with Crippen LogP contribution >= 0.6 is 0 Å². The number of ether oxygens (including phenoxy) is 1. The third kappa shape index (κ3) is 11.3. The van der Waals surface area contributed by atoms with Gasteiger partial charge in [0.15, 0.2) is 0 Å². The number of carbonyl (C=O) groups is 2. The quantitative estimate of drug-likeness (QED) is 0.148. The van der Waals surface area contributed by atoms with Crippen molar-refractivity contribution in [2.45, 2.75) is 116 Å². The molecule has 0 spiro atoms. The van der Waals surface area contributed by atoms with E-state index in [9.17, 15) is 19.8 Å². The van der Waals surface area contributed by atoms with Crippen LogP contribution in [0.3, 0.4) is 0 Å². The van der Waals surface area contributed by atoms with Gasteiger partial charge in [0.2, 0.25) is 0 Å². The third-order valence-electron chi connectivity index (χ3n) is 6.08. The molecule has 0 aromatic carbocycles. The lowest BCUT2D eigenvalue weighted by molar-refractivity contribution is -0.139. The third-order valence-corrected chi connectivity index (χ3v) is 6.08. The van der Waals surface area contributed by atoms with Crippen LogP contribution in [-0.4, -0.2) is 46.1 Å². The first-order valence-electron chi connectivity index (χ1n) is 12.6. The molecule has 0 radical (unpaired) electrons. The van der Waals surface area contributed by atoms with Crippen LogP contribution in [-0.2, 0) is 14.3 Å². The number of rotatable bonds is 18. The summed E-state index contributed by atoms with van der Waals surface area (Å²) in [5.41, 5.74) is 1.49. The van der Waals surface area contributed by atoms with Gasteiger partial charge in [0.25, 0.3) is 0 Å². The van der Waals surface area contributed by atoms with Crippen molar-refractivity contribution in [1.82, 2.24) is 0 Å². The molecule has 184 valence electrons. The number of aliphatic carboxylic acids is 1. The Balaban J connectivity index is 2.78. The van der Waals surface area contributed by atoms with Gasteiger partial charge in [0.1, 0.15) is 0 Å². The van der Waals surface area contributed by atoms with Crippen molar-refractivity contribution in [2.75, 3.05) is 6.61 Å². The average molecular weight is 453 g/mol. The van der Waals surface area contributed by atoms with Crippen molar-refractivity contribution in [3.8, 4) is 0 Å². The zero-order valence-electron chi connectivity index (χ0n) is 20.1. The Labute approximate surface area is 193 Å². The van der Waals surface area contributed by atoms with Gasteiger partial charge in [0, 0.05) is 24.3 Å². The second-order valence-electron chi connectivity index (χ2n) is 8.90. The van der Waals surface area contributed by atoms with Crippen LogP contribution < -0.4 is 0 Å². The van der Waals surface area contributed by atoms with Gasteiger partial charge < -0.3 is 20.1 Å². The average Bonchev–Trinajstić information content (AvgIpc) is 3.07. The smallest absolute Gasteiger partial charge is 0.334 e. The first-order valence-corrected chi connectivity index (χ1v) is 12.6. The molecule has 1 aliphatic rings. The summed E-state index contributed by atoms with van der Waals surface area (Å²) in [6.07, 6.45) is 13.4. The summed E-state index contributed by atoms with van der Waals surface area (Å²) >= 11 is 0. The van der Waals surface area contributed by atoms with Gasteiger partial charge in [0.05, 0.1) is 18.8 Å². The number of aliphatic hydroxyl groups excluding tert-OH is 2. The summed E-state index contributed by atoms with van der Waals surface area (Å²) in [5.74, 6) is -1.39. The lowest BCUT2D eigenvalue weighted by Crippen LogP contribution is -2.15. The number of carbonyl (C=O) groups excluding carboxylic acids is 1. The van der Waals surface area contributed by atoms with E-state index in [1.165, 1.54) is 0 Å². The molecular formula is C26H44O6. The summed E-state index contributed by atoms with van der Waals surface area (Å²) in [7, 11) is 0. The molecule has 0 saturated heterocycles. The summed E-state index contributed by atoms with van der Waals surface area (Å²) in [4.78, 5) is 23.4. The van der Waals surface area contributed by atoms with Gasteiger partial charge in [-0.15, -0.1) is 0 Å². The zero-order chi connectivity index (χ0) is 23.8. The molecule has 1 rings (SSSR count). The van der Waals surface area contributed by atoms with E-state index in [1.807, 2.05) is 6.08 Å². The van der Waals surface area contributed by atoms with E-state index < -0.39 is 18.2 Å². The molecule has 0 aromatic rings. The molecule has 6 heteroatoms. The normalized spacial score (nSPS) is 19.6. The molecule has 0 amide bonds. The van der Waals surface area contributed by atoms with Crippen molar-refractivity contribution in [3.05, 3.63) is 23.3 Å². The van der Waals surface area contributed by atoms with Crippen molar-refractivity contribution >= 4 is 11.9 Å². The van der Waals surface area contributed by atoms with E-state index in [1.54, 1.807) is 6.08 Å². The molecule has 6 nitrogen and oxygen atoms in total. The first-order chi connectivity index (χ1) is 15.4. The molecule has 0 aliphatic heterocycles. The Bertz CT molecular complexity index is 609. The Kier molecular flexibility index (Phi) is 15.0. The van der Waals surface area contributed by atoms with E-state index in [0.29, 0.717) is 31.4 Å². The maximum atomic E-state index is 12.7. The van der Waals surface area contributed by atoms with E-state index in [4.69, 9.17) is 9.84 Å². The first kappa shape index (κ1) is 28.4. The molecular weight excluding hydrogens is 408 g/mol. The summed E-state index contributed by atoms with van der Waals surface area (Å²) in [6.45, 7) is 4.62. The number of carboxylic acid groups (broad SMARTS) is 1. The molecule has 0 fully saturated rings. The predicted octanol–water partition coefficient (Wildman–Crippen LogP) is 5.32. The second kappa shape index (κ2) is 16.9. The highest BCUT2D eigenvalue weighted by molar-refractivity contribution is 5.90. The molecule has 1 aliphatic carbocycles. The van der Waals surface area contributed by atoms with Gasteiger partial charge in [-0.25, -0.2) is 4.79 Å². The minimum absolute atomic E-state index is 0.179. The van der Waals surface area contributed by atoms with Gasteiger partial charge in [-0.2, -0.15) is 0 Å². The zero-order valence-corrected chi connectivity index (χ0v) is 20.1. The summed E-state index contributed by atoms with van der Waals surface area (Å²) in [6, 6.07) is 0. The highest BCUT2D eigenvalue weighted by Crippen LogP contribution is 2.37. The number of esters is 1. The van der Waals surface area contributed by atoms with Gasteiger partial charge >= 0.3 is 11.9 Å². The fourth-order valence-electron chi connectivity index (χ4n) is 4.17. The standard InChI is InChI=1S/C26H44O6/c1-3-5-9-13-20(27)16-17-22-21(14-10-7-8-11-15-25(29)30)23(19-24(22)28)26(31)32-18-12-6-4-2/h16-17,20,22,24,27-28H,3-15,18-19H2,1-2H3,(H,29,30)/t20-,22+,24+/m0/s1. The lowest BCUT2D eigenvalue weighted by Gasteiger charge is -2.16. The summed E-state index contributed by atoms with van der Waals surface area (Å²) in [5, 5.41) is 29.7. The molecule has 32 heavy (non-hydrogen) atoms. The minimum atomic E-state index is -0.776. The topological polar surface area (TPSA) is 104 Å². The number of carboxylic acids is 1. The fraction of sp³-hybridized carbons (Fsp3) is 0.769. The van der Waals surface area contributed by atoms with Crippen LogP contribution in [0.4, 0.5) is 0 Å². The monoisotopic (exact) mass is 452 g/mol. The number of hydrogen-bond acceptors (Lipinski definition) is 5. The molecule has 0 bridgehead atoms. The number of unbranched alkanes of at least 4 members (excludes halogenated alkanes) is 7. The van der Waals surface area contributed by atoms with Gasteiger partial charge in [-0.3, -0.25) is 4.79 Å². The molecule has 3 atom stereocenters. The van der Waals surface area contributed by atoms with Crippen molar-refractivity contribution in [2.24, 2.45) is 5.92 Å². The van der Waals surface area contributed by atoms with E-state index in [-0.39, 0.29) is 24.7 Å². The fourth-order valence-corrected chi connectivity index (χ4v) is 4.17. The van der Waals surface area contributed by atoms with E-state index >= 15 is 0 Å². The Morgan fingerprint density at radius 1 is 1.03 bits per heavy atom. The molecule has 0 heterocycles. The van der Waals surface area contributed by atoms with Crippen LogP contribution in [0.1, 0.15) is 104 Å². The van der Waals surface area contributed by atoms with Crippen molar-refractivity contribution in [1.29, 1.82) is 0 Å². The Morgan fingerprint density at radius 2 is 1.72 bits per heavy atom. The van der Waals surface area contributed by atoms with Gasteiger partial charge in [-0.1, -0.05) is 76.5 Å². The number of aliphatic hydroxyl groups is 2. The highest BCUT2D eigenvalue weighted by atomic mass is 16.5. The lowest BCUT2D eigenvalue weighted by atomic mass is 9.92. The van der Waals surface area contributed by atoms with Crippen molar-refractivity contribution < 1.29 is 29.6 Å². The maximum absolute atomic E-state index is 12.7. The van der Waals surface area contributed by atoms with Crippen LogP contribution in [0.15, 0.2) is 23.3 Å². The maximum Gasteiger partial charge on any atom is 0.334 e. The van der Waals surface area contributed by atoms with Crippen LogP contribution in [0.5, 0.6) is 0 Å². The Morgan fingerprint density at radius 3 is 2.41 bits per heavy atom. The predicted molar refractivity (Wildman–Crippen MR) is 126 cm³/mol. The van der Waals surface area contributed by atoms with E-state index in [0.717, 1.165) is 63.4 Å². The molecule has 0 unspecified atom stereocenters. The number of hydrogen-bond donors (Lipinski definition) is 3. The van der Waals surface area contributed by atoms with Crippen LogP contribution in [0.2, 0.25) is 0 Å². The molecule has 0 aromatic heterocycles. The van der Waals surface area contributed by atoms with Gasteiger partial charge in [-0.05, 0) is 32.1 Å². The van der Waals surface area contributed by atoms with Crippen molar-refractivity contribution in [3.63, 3.8) is 0 Å².